The summed E-state index contributed by atoms with van der Waals surface area (Å²) >= 11 is 0. The molecule has 0 radical (unpaired) electrons. The van der Waals surface area contributed by atoms with Gasteiger partial charge in [-0.05, 0) is 31.1 Å². The molecule has 0 aliphatic rings. The van der Waals surface area contributed by atoms with Crippen molar-refractivity contribution < 1.29 is 38.1 Å². The summed E-state index contributed by atoms with van der Waals surface area (Å²) in [6, 6.07) is -1.13. The maximum atomic E-state index is 13.1. The highest BCUT2D eigenvalue weighted by Gasteiger charge is 2.33. The lowest BCUT2D eigenvalue weighted by Gasteiger charge is -2.30. The average molecular weight is 544 g/mol. The first-order chi connectivity index (χ1) is 18.2. The van der Waals surface area contributed by atoms with Gasteiger partial charge in [-0.3, -0.25) is 14.4 Å². The van der Waals surface area contributed by atoms with E-state index >= 15 is 0 Å². The Morgan fingerprint density at radius 3 is 2.11 bits per heavy atom. The minimum Gasteiger partial charge on any atom is -0.467 e. The Bertz CT molecular complexity index is 652. The molecule has 2 atom stereocenters. The largest absolute Gasteiger partial charge is 0.467 e. The van der Waals surface area contributed by atoms with Gasteiger partial charge in [-0.1, -0.05) is 73.6 Å². The smallest absolute Gasteiger partial charge is 0.329 e. The van der Waals surface area contributed by atoms with Gasteiger partial charge in [0.15, 0.2) is 0 Å². The molecule has 0 aliphatic carbocycles. The number of amides is 1. The van der Waals surface area contributed by atoms with Gasteiger partial charge in [0.25, 0.3) is 6.47 Å². The van der Waals surface area contributed by atoms with E-state index in [-0.39, 0.29) is 63.6 Å². The zero-order valence-electron chi connectivity index (χ0n) is 24.7. The fourth-order valence-electron chi connectivity index (χ4n) is 3.80. The molecule has 0 bridgehead atoms. The second-order valence-electron chi connectivity index (χ2n) is 10.6. The zero-order valence-corrected chi connectivity index (χ0v) is 24.7. The van der Waals surface area contributed by atoms with Crippen molar-refractivity contribution in [1.82, 2.24) is 4.90 Å². The van der Waals surface area contributed by atoms with Gasteiger partial charge in [-0.15, -0.1) is 0 Å². The van der Waals surface area contributed by atoms with Crippen LogP contribution < -0.4 is 0 Å². The summed E-state index contributed by atoms with van der Waals surface area (Å²) in [4.78, 5) is 50.6. The number of hydrogen-bond acceptors (Lipinski definition) is 8. The first-order valence-corrected chi connectivity index (χ1v) is 14.4. The predicted octanol–water partition coefficient (Wildman–Crippen LogP) is 5.08. The van der Waals surface area contributed by atoms with E-state index in [1.807, 2.05) is 27.7 Å². The summed E-state index contributed by atoms with van der Waals surface area (Å²) in [6.45, 7) is 13.1. The van der Waals surface area contributed by atoms with Crippen LogP contribution in [0.4, 0.5) is 0 Å². The minimum absolute atomic E-state index is 0.0963. The lowest BCUT2D eigenvalue weighted by molar-refractivity contribution is -0.161. The monoisotopic (exact) mass is 543 g/mol. The molecule has 0 aromatic carbocycles. The van der Waals surface area contributed by atoms with Gasteiger partial charge in [-0.25, -0.2) is 4.79 Å². The summed E-state index contributed by atoms with van der Waals surface area (Å²) in [5.74, 6) is -1.39. The maximum Gasteiger partial charge on any atom is 0.329 e. The normalized spacial score (nSPS) is 12.7. The molecule has 0 N–H and O–H groups in total. The topological polar surface area (TPSA) is 108 Å². The Labute approximate surface area is 230 Å². The number of hydrogen-bond donors (Lipinski definition) is 0. The lowest BCUT2D eigenvalue weighted by atomic mass is 10.1. The Morgan fingerprint density at radius 2 is 1.50 bits per heavy atom. The molecule has 1 amide bonds. The molecule has 222 valence electrons. The predicted molar refractivity (Wildman–Crippen MR) is 146 cm³/mol. The number of carbonyl (C=O) groups excluding carboxylic acids is 4. The zero-order chi connectivity index (χ0) is 28.8. The second-order valence-corrected chi connectivity index (χ2v) is 10.6. The van der Waals surface area contributed by atoms with Crippen LogP contribution in [0, 0.1) is 11.8 Å². The molecule has 0 fully saturated rings. The molecule has 0 saturated carbocycles. The van der Waals surface area contributed by atoms with Crippen LogP contribution in [0.5, 0.6) is 0 Å². The second kappa shape index (κ2) is 22.8. The van der Waals surface area contributed by atoms with Crippen LogP contribution in [-0.4, -0.2) is 74.3 Å². The molecule has 0 spiro atoms. The number of carbonyl (C=O) groups is 4. The van der Waals surface area contributed by atoms with Gasteiger partial charge in [0, 0.05) is 13.2 Å². The van der Waals surface area contributed by atoms with Crippen LogP contribution in [0.15, 0.2) is 0 Å². The quantitative estimate of drug-likeness (QED) is 0.0718. The van der Waals surface area contributed by atoms with Gasteiger partial charge < -0.3 is 23.8 Å². The van der Waals surface area contributed by atoms with Gasteiger partial charge in [0.05, 0.1) is 38.8 Å². The summed E-state index contributed by atoms with van der Waals surface area (Å²) in [5.41, 5.74) is 0. The molecule has 0 rings (SSSR count). The maximum absolute atomic E-state index is 13.1. The molecule has 0 saturated heterocycles. The third-order valence-electron chi connectivity index (χ3n) is 5.95. The molecule has 0 heterocycles. The molecule has 0 aromatic heterocycles. The molecule has 0 aliphatic heterocycles. The van der Waals surface area contributed by atoms with Crippen LogP contribution in [-0.2, 0) is 38.1 Å². The standard InChI is InChI=1S/C29H53NO8/c1-7-9-10-11-12-14-25(8-2)36-17-13-16-30(27(32)15-18-35-22-31)26(29(34)38-21-24(5)6)19-28(33)37-20-23(3)4/h22-26H,7-21H2,1-6H3/t25?,26-/m0/s1. The van der Waals surface area contributed by atoms with E-state index in [4.69, 9.17) is 18.9 Å². The van der Waals surface area contributed by atoms with Crippen molar-refractivity contribution in [3.05, 3.63) is 0 Å². The first-order valence-electron chi connectivity index (χ1n) is 14.4. The number of unbranched alkanes of at least 4 members (excludes halogenated alkanes) is 4. The third kappa shape index (κ3) is 18.2. The number of nitrogens with zero attached hydrogens (tertiary/aromatic N) is 1. The first kappa shape index (κ1) is 35.8. The fraction of sp³-hybridized carbons (Fsp3) is 0.862. The van der Waals surface area contributed by atoms with E-state index < -0.39 is 23.9 Å². The third-order valence-corrected chi connectivity index (χ3v) is 5.95. The summed E-state index contributed by atoms with van der Waals surface area (Å²) in [7, 11) is 0. The Hall–Kier alpha value is -2.16. The van der Waals surface area contributed by atoms with E-state index in [0.717, 1.165) is 19.3 Å². The minimum atomic E-state index is -1.13. The van der Waals surface area contributed by atoms with Gasteiger partial charge in [0.1, 0.15) is 6.04 Å². The van der Waals surface area contributed by atoms with Crippen molar-refractivity contribution in [3.8, 4) is 0 Å². The van der Waals surface area contributed by atoms with Gasteiger partial charge >= 0.3 is 11.9 Å². The summed E-state index contributed by atoms with van der Waals surface area (Å²) in [6.07, 6.45) is 8.17. The molecular weight excluding hydrogens is 490 g/mol. The Balaban J connectivity index is 5.33. The van der Waals surface area contributed by atoms with Crippen LogP contribution >= 0.6 is 0 Å². The van der Waals surface area contributed by atoms with Crippen LogP contribution in [0.1, 0.15) is 106 Å². The van der Waals surface area contributed by atoms with Crippen molar-refractivity contribution >= 4 is 24.3 Å². The van der Waals surface area contributed by atoms with Crippen molar-refractivity contribution in [2.45, 2.75) is 118 Å². The van der Waals surface area contributed by atoms with E-state index in [0.29, 0.717) is 13.0 Å². The van der Waals surface area contributed by atoms with Gasteiger partial charge in [0.2, 0.25) is 5.91 Å². The molecule has 38 heavy (non-hydrogen) atoms. The van der Waals surface area contributed by atoms with E-state index in [9.17, 15) is 19.2 Å². The van der Waals surface area contributed by atoms with Crippen molar-refractivity contribution in [2.75, 3.05) is 33.0 Å². The Morgan fingerprint density at radius 1 is 0.842 bits per heavy atom. The highest BCUT2D eigenvalue weighted by Crippen LogP contribution is 2.15. The van der Waals surface area contributed by atoms with Crippen molar-refractivity contribution in [3.63, 3.8) is 0 Å². The molecule has 9 heteroatoms. The SMILES string of the molecule is CCCCCCCC(CC)OCCCN(C(=O)CCOC=O)[C@@H](CC(=O)OCC(C)C)C(=O)OCC(C)C. The Kier molecular flexibility index (Phi) is 21.5. The molecule has 0 aromatic rings. The lowest BCUT2D eigenvalue weighted by Crippen LogP contribution is -2.48. The van der Waals surface area contributed by atoms with Crippen LogP contribution in [0.3, 0.4) is 0 Å². The highest BCUT2D eigenvalue weighted by molar-refractivity contribution is 5.88. The van der Waals surface area contributed by atoms with Crippen LogP contribution in [0.2, 0.25) is 0 Å². The average Bonchev–Trinajstić information content (AvgIpc) is 2.88. The number of ether oxygens (including phenoxy) is 4. The number of rotatable bonds is 24. The number of esters is 2. The fourth-order valence-corrected chi connectivity index (χ4v) is 3.80. The highest BCUT2D eigenvalue weighted by atomic mass is 16.5. The van der Waals surface area contributed by atoms with E-state index in [2.05, 4.69) is 13.8 Å². The molecular formula is C29H53NO8. The van der Waals surface area contributed by atoms with E-state index in [1.54, 1.807) is 0 Å². The van der Waals surface area contributed by atoms with Gasteiger partial charge in [-0.2, -0.15) is 0 Å². The van der Waals surface area contributed by atoms with Crippen molar-refractivity contribution in [2.24, 2.45) is 11.8 Å². The van der Waals surface area contributed by atoms with E-state index in [1.165, 1.54) is 30.6 Å². The molecule has 1 unspecified atom stereocenters. The van der Waals surface area contributed by atoms with Crippen LogP contribution in [0.25, 0.3) is 0 Å². The summed E-state index contributed by atoms with van der Waals surface area (Å²) < 4.78 is 21.5. The van der Waals surface area contributed by atoms with Crippen molar-refractivity contribution in [1.29, 1.82) is 0 Å². The molecule has 9 nitrogen and oxygen atoms in total. The summed E-state index contributed by atoms with van der Waals surface area (Å²) in [5, 5.41) is 0.